The summed E-state index contributed by atoms with van der Waals surface area (Å²) >= 11 is -11.0. The fraction of sp³-hybridized carbons (Fsp3) is 0. The minimum atomic E-state index is -11.0. The number of nitrogens with zero attached hydrogens (tertiary/aromatic N) is 6. The second-order valence-corrected chi connectivity index (χ2v) is 13.9. The van der Waals surface area contributed by atoms with Gasteiger partial charge in [-0.15, -0.1) is 0 Å². The molecule has 0 spiro atoms. The second-order valence-electron chi connectivity index (χ2n) is 2.09. The Hall–Kier alpha value is -1.28. The molecule has 0 aromatic carbocycles. The third-order valence-corrected chi connectivity index (χ3v) is 12.7. The van der Waals surface area contributed by atoms with Crippen LogP contribution < -0.4 is 0 Å². The van der Waals surface area contributed by atoms with Crippen molar-refractivity contribution in [2.45, 2.75) is 0 Å². The molecule has 0 unspecified atom stereocenters. The first-order chi connectivity index (χ1) is 8.34. The summed E-state index contributed by atoms with van der Waals surface area (Å²) in [4.78, 5) is 63.3. The predicted molar refractivity (Wildman–Crippen MR) is 47.7 cm³/mol. The van der Waals surface area contributed by atoms with E-state index in [9.17, 15) is 60.7 Å². The molecule has 0 aliphatic carbocycles. The van der Waals surface area contributed by atoms with Crippen molar-refractivity contribution in [2.75, 3.05) is 0 Å². The van der Waals surface area contributed by atoms with Crippen LogP contribution in [0.2, 0.25) is 0 Å². The van der Waals surface area contributed by atoms with Crippen molar-refractivity contribution in [2.24, 2.45) is 0 Å². The van der Waals surface area contributed by atoms with E-state index in [2.05, 4.69) is 0 Å². The van der Waals surface area contributed by atoms with Crippen LogP contribution in [0.3, 0.4) is 0 Å². The Morgan fingerprint density at radius 1 is 0.450 bits per heavy atom. The first-order valence-electron chi connectivity index (χ1n) is 3.04. The molecule has 0 aromatic rings. The third-order valence-electron chi connectivity index (χ3n) is 1.55. The Kier molecular flexibility index (Phi) is 5.18. The van der Waals surface area contributed by atoms with E-state index in [-0.39, 0.29) is 51.4 Å². The third kappa shape index (κ3) is 1.20. The van der Waals surface area contributed by atoms with E-state index >= 15 is 0 Å². The fourth-order valence-electron chi connectivity index (χ4n) is 0.632. The quantitative estimate of drug-likeness (QED) is 0.213. The molecule has 0 heterocycles. The molecule has 1 radical (unpaired) electrons. The van der Waals surface area contributed by atoms with Gasteiger partial charge in [-0.1, -0.05) is 0 Å². The van der Waals surface area contributed by atoms with Crippen LogP contribution in [0.5, 0.6) is 0 Å². The molecule has 0 N–H and O–H groups in total. The SMILES string of the molecule is O=[N+]([O-])[Pt]([N+](=O)[O-])([N+](=O)[O-])([N+](=O)[O-])([N+](=O)[O-])[N+](=O)[O-].[K]. The van der Waals surface area contributed by atoms with Gasteiger partial charge in [-0.25, -0.2) is 0 Å². The first kappa shape index (κ1) is 21.0. The molecule has 0 bridgehead atoms. The molecule has 0 aromatic heterocycles. The van der Waals surface area contributed by atoms with E-state index in [0.29, 0.717) is 0 Å². The van der Waals surface area contributed by atoms with Crippen LogP contribution in [0, 0.1) is 60.7 Å². The molecule has 0 atom stereocenters. The fourth-order valence-corrected chi connectivity index (χ4v) is 5.18. The molecule has 0 aliphatic rings. The summed E-state index contributed by atoms with van der Waals surface area (Å²) in [6.45, 7) is 0. The number of hydrogen-bond acceptors (Lipinski definition) is 12. The van der Waals surface area contributed by atoms with Gasteiger partial charge in [-0.05, 0) is 0 Å². The van der Waals surface area contributed by atoms with Crippen LogP contribution in [-0.2, 0) is 15.1 Å². The Balaban J connectivity index is 0. The zero-order valence-corrected chi connectivity index (χ0v) is 14.3. The van der Waals surface area contributed by atoms with Crippen molar-refractivity contribution in [3.63, 3.8) is 0 Å². The molecule has 0 amide bonds. The van der Waals surface area contributed by atoms with Crippen molar-refractivity contribution < 1.29 is 36.0 Å². The molecule has 0 saturated carbocycles. The van der Waals surface area contributed by atoms with Gasteiger partial charge < -0.3 is 0 Å². The Labute approximate surface area is 146 Å². The molecule has 20 heteroatoms. The molecule has 0 fully saturated rings. The largest absolute Gasteiger partial charge is 0 e. The standard InChI is InChI=1S/K.6NO2.Pt/c;6*2-1-3;. The summed E-state index contributed by atoms with van der Waals surface area (Å²) in [5.41, 5.74) is 0. The minimum absolute atomic E-state index is 0. The van der Waals surface area contributed by atoms with Gasteiger partial charge in [0.1, 0.15) is 0 Å². The Morgan fingerprint density at radius 2 is 0.550 bits per heavy atom. The normalized spacial score (nSPS) is 13.8. The summed E-state index contributed by atoms with van der Waals surface area (Å²) in [6, 6.07) is 0. The summed E-state index contributed by atoms with van der Waals surface area (Å²) in [5.74, 6) is 0. The van der Waals surface area contributed by atoms with E-state index in [4.69, 9.17) is 0 Å². The maximum absolute atomic E-state index is 11.0. The van der Waals surface area contributed by atoms with Gasteiger partial charge in [-0.2, -0.15) is 0 Å². The average molecular weight is 510 g/mol. The summed E-state index contributed by atoms with van der Waals surface area (Å²) in [6.07, 6.45) is 0. The maximum atomic E-state index is 10.6. The summed E-state index contributed by atoms with van der Waals surface area (Å²) < 4.78 is -19.3. The summed E-state index contributed by atoms with van der Waals surface area (Å²) in [7, 11) is 0. The van der Waals surface area contributed by atoms with E-state index in [1.54, 1.807) is 0 Å². The van der Waals surface area contributed by atoms with E-state index in [1.165, 1.54) is 0 Å². The van der Waals surface area contributed by atoms with E-state index in [0.717, 1.165) is 0 Å². The van der Waals surface area contributed by atoms with E-state index in [1.807, 2.05) is 0 Å². The van der Waals surface area contributed by atoms with Gasteiger partial charge in [0.15, 0.2) is 0 Å². The van der Waals surface area contributed by atoms with Gasteiger partial charge in [-0.3, -0.25) is 0 Å². The maximum Gasteiger partial charge on any atom is 0 e. The monoisotopic (exact) mass is 510 g/mol. The molecular formula is KN6O12Pt. The molecule has 113 valence electrons. The van der Waals surface area contributed by atoms with Gasteiger partial charge in [0.2, 0.25) is 0 Å². The number of hydrogen-bond donors (Lipinski definition) is 0. The first-order valence-corrected chi connectivity index (χ1v) is 9.14. The second kappa shape index (κ2) is 4.93. The van der Waals surface area contributed by atoms with Gasteiger partial charge in [0.05, 0.1) is 0 Å². The molecular weight excluding hydrogens is 510 g/mol. The summed E-state index contributed by atoms with van der Waals surface area (Å²) in [5, 5.41) is 63.3. The van der Waals surface area contributed by atoms with Gasteiger partial charge in [0, 0.05) is 51.4 Å². The zero-order chi connectivity index (χ0) is 15.9. The molecule has 0 saturated heterocycles. The van der Waals surface area contributed by atoms with Gasteiger partial charge in [0.25, 0.3) is 0 Å². The van der Waals surface area contributed by atoms with Crippen molar-refractivity contribution in [3.05, 3.63) is 60.7 Å². The van der Waals surface area contributed by atoms with E-state index < -0.39 is 36.0 Å². The van der Waals surface area contributed by atoms with Crippen molar-refractivity contribution in [1.82, 2.24) is 0 Å². The zero-order valence-electron chi connectivity index (χ0n) is 8.90. The molecule has 0 rings (SSSR count). The number of rotatable bonds is 6. The predicted octanol–water partition coefficient (Wildman–Crippen LogP) is -2.02. The topological polar surface area (TPSA) is 259 Å². The van der Waals surface area contributed by atoms with Crippen molar-refractivity contribution >= 4 is 51.4 Å². The average Bonchev–Trinajstić information content (AvgIpc) is 2.15. The van der Waals surface area contributed by atoms with Crippen LogP contribution in [0.4, 0.5) is 0 Å². The van der Waals surface area contributed by atoms with Crippen LogP contribution in [0.15, 0.2) is 0 Å². The Bertz CT molecular complexity index is 431. The smallest absolute Gasteiger partial charge is 0 e. The van der Waals surface area contributed by atoms with Crippen molar-refractivity contribution in [1.29, 1.82) is 0 Å². The van der Waals surface area contributed by atoms with Crippen LogP contribution in [0.1, 0.15) is 0 Å². The van der Waals surface area contributed by atoms with Crippen LogP contribution in [-0.4, -0.2) is 72.3 Å². The van der Waals surface area contributed by atoms with Crippen LogP contribution >= 0.6 is 0 Å². The molecule has 0 aliphatic heterocycles. The van der Waals surface area contributed by atoms with Gasteiger partial charge >= 0.3 is 96.6 Å². The molecule has 18 nitrogen and oxygen atoms in total. The minimum Gasteiger partial charge on any atom is 0 e. The van der Waals surface area contributed by atoms with Crippen LogP contribution in [0.25, 0.3) is 0 Å². The Morgan fingerprint density at radius 3 is 0.550 bits per heavy atom. The van der Waals surface area contributed by atoms with Crippen molar-refractivity contribution in [3.8, 4) is 0 Å². The molecule has 20 heavy (non-hydrogen) atoms. The number of nitro groups is 6.